The van der Waals surface area contributed by atoms with Crippen molar-refractivity contribution in [1.29, 1.82) is 0 Å². The Labute approximate surface area is 206 Å². The standard InChI is InChI=1S/C27H31N3O5/c1-3-33-26(31)20-30(27(32)35-21-23-9-5-4-6-10-23)19-22-12-14-24(15-13-22)34-18-17-29(2)25-11-7-8-16-28-25/h4-16H,3,17-21H2,1-2H3. The largest absolute Gasteiger partial charge is 0.492 e. The Morgan fingerprint density at radius 2 is 1.63 bits per heavy atom. The normalized spacial score (nSPS) is 10.3. The second kappa shape index (κ2) is 13.6. The third-order valence-electron chi connectivity index (χ3n) is 5.12. The van der Waals surface area contributed by atoms with Gasteiger partial charge in [0.05, 0.1) is 13.2 Å². The van der Waals surface area contributed by atoms with Crippen LogP contribution in [0.1, 0.15) is 18.1 Å². The maximum Gasteiger partial charge on any atom is 0.410 e. The molecule has 0 bridgehead atoms. The fourth-order valence-corrected chi connectivity index (χ4v) is 3.26. The molecule has 0 saturated heterocycles. The van der Waals surface area contributed by atoms with E-state index in [1.165, 1.54) is 4.90 Å². The van der Waals surface area contributed by atoms with Gasteiger partial charge in [0.2, 0.25) is 0 Å². The summed E-state index contributed by atoms with van der Waals surface area (Å²) in [5.41, 5.74) is 1.70. The lowest BCUT2D eigenvalue weighted by atomic mass is 10.2. The number of pyridine rings is 1. The third-order valence-corrected chi connectivity index (χ3v) is 5.12. The van der Waals surface area contributed by atoms with Gasteiger partial charge in [-0.15, -0.1) is 0 Å². The van der Waals surface area contributed by atoms with Crippen LogP contribution in [0.15, 0.2) is 79.0 Å². The SMILES string of the molecule is CCOC(=O)CN(Cc1ccc(OCCN(C)c2ccccn2)cc1)C(=O)OCc1ccccc1. The van der Waals surface area contributed by atoms with Crippen molar-refractivity contribution in [2.75, 3.05) is 38.3 Å². The molecule has 0 atom stereocenters. The van der Waals surface area contributed by atoms with Crippen LogP contribution in [0.25, 0.3) is 0 Å². The summed E-state index contributed by atoms with van der Waals surface area (Å²) in [5.74, 6) is 1.11. The van der Waals surface area contributed by atoms with Gasteiger partial charge in [-0.3, -0.25) is 9.69 Å². The fraction of sp³-hybridized carbons (Fsp3) is 0.296. The number of esters is 1. The van der Waals surface area contributed by atoms with Crippen molar-refractivity contribution in [3.05, 3.63) is 90.1 Å². The number of anilines is 1. The highest BCUT2D eigenvalue weighted by atomic mass is 16.6. The zero-order valence-corrected chi connectivity index (χ0v) is 20.1. The quantitative estimate of drug-likeness (QED) is 0.360. The molecule has 3 rings (SSSR count). The highest BCUT2D eigenvalue weighted by Gasteiger charge is 2.20. The molecule has 0 radical (unpaired) electrons. The number of aromatic nitrogens is 1. The third kappa shape index (κ3) is 8.66. The number of carbonyl (C=O) groups is 2. The molecule has 0 saturated carbocycles. The maximum absolute atomic E-state index is 12.7. The van der Waals surface area contributed by atoms with Crippen LogP contribution in [0.5, 0.6) is 5.75 Å². The van der Waals surface area contributed by atoms with E-state index in [2.05, 4.69) is 4.98 Å². The molecule has 3 aromatic rings. The van der Waals surface area contributed by atoms with Gasteiger partial charge in [-0.1, -0.05) is 48.5 Å². The molecule has 184 valence electrons. The monoisotopic (exact) mass is 477 g/mol. The number of hydrogen-bond acceptors (Lipinski definition) is 7. The van der Waals surface area contributed by atoms with Crippen LogP contribution >= 0.6 is 0 Å². The molecule has 0 aliphatic rings. The van der Waals surface area contributed by atoms with E-state index in [1.54, 1.807) is 13.1 Å². The van der Waals surface area contributed by atoms with Gasteiger partial charge in [-0.05, 0) is 42.3 Å². The van der Waals surface area contributed by atoms with Crippen LogP contribution in [0, 0.1) is 0 Å². The molecule has 2 aromatic carbocycles. The van der Waals surface area contributed by atoms with Crippen LogP contribution < -0.4 is 9.64 Å². The number of likely N-dealkylation sites (N-methyl/N-ethyl adjacent to an activating group) is 1. The average molecular weight is 478 g/mol. The van der Waals surface area contributed by atoms with Crippen LogP contribution in [0.2, 0.25) is 0 Å². The van der Waals surface area contributed by atoms with Crippen LogP contribution in [-0.2, 0) is 27.4 Å². The molecule has 0 N–H and O–H groups in total. The van der Waals surface area contributed by atoms with Crippen molar-refractivity contribution in [2.24, 2.45) is 0 Å². The molecule has 1 heterocycles. The molecular formula is C27H31N3O5. The first-order valence-corrected chi connectivity index (χ1v) is 11.5. The molecule has 0 fully saturated rings. The Morgan fingerprint density at radius 1 is 0.886 bits per heavy atom. The lowest BCUT2D eigenvalue weighted by Gasteiger charge is -2.21. The van der Waals surface area contributed by atoms with Gasteiger partial charge >= 0.3 is 12.1 Å². The van der Waals surface area contributed by atoms with Gasteiger partial charge in [0.25, 0.3) is 0 Å². The summed E-state index contributed by atoms with van der Waals surface area (Å²) in [6.45, 7) is 3.27. The molecule has 1 amide bonds. The summed E-state index contributed by atoms with van der Waals surface area (Å²) < 4.78 is 16.3. The number of nitrogens with zero attached hydrogens (tertiary/aromatic N) is 3. The molecule has 8 nitrogen and oxygen atoms in total. The molecule has 35 heavy (non-hydrogen) atoms. The van der Waals surface area contributed by atoms with E-state index in [-0.39, 0.29) is 26.3 Å². The minimum absolute atomic E-state index is 0.124. The Kier molecular flexibility index (Phi) is 9.92. The van der Waals surface area contributed by atoms with Gasteiger partial charge in [0.1, 0.15) is 31.3 Å². The highest BCUT2D eigenvalue weighted by molar-refractivity contribution is 5.78. The second-order valence-corrected chi connectivity index (χ2v) is 7.80. The van der Waals surface area contributed by atoms with E-state index in [0.717, 1.165) is 16.9 Å². The van der Waals surface area contributed by atoms with E-state index in [0.29, 0.717) is 18.9 Å². The second-order valence-electron chi connectivity index (χ2n) is 7.80. The van der Waals surface area contributed by atoms with E-state index in [1.807, 2.05) is 84.7 Å². The number of ether oxygens (including phenoxy) is 3. The Balaban J connectivity index is 1.54. The summed E-state index contributed by atoms with van der Waals surface area (Å²) in [6.07, 6.45) is 1.17. The van der Waals surface area contributed by atoms with Gasteiger partial charge in [0, 0.05) is 19.8 Å². The van der Waals surface area contributed by atoms with Gasteiger partial charge in [-0.25, -0.2) is 9.78 Å². The molecule has 0 aliphatic carbocycles. The molecule has 1 aromatic heterocycles. The van der Waals surface area contributed by atoms with E-state index >= 15 is 0 Å². The van der Waals surface area contributed by atoms with Crippen molar-refractivity contribution < 1.29 is 23.8 Å². The van der Waals surface area contributed by atoms with Gasteiger partial charge in [-0.2, -0.15) is 0 Å². The van der Waals surface area contributed by atoms with Crippen molar-refractivity contribution in [3.8, 4) is 5.75 Å². The summed E-state index contributed by atoms with van der Waals surface area (Å²) in [5, 5.41) is 0. The molecule has 0 unspecified atom stereocenters. The van der Waals surface area contributed by atoms with E-state index in [9.17, 15) is 9.59 Å². The summed E-state index contributed by atoms with van der Waals surface area (Å²) in [4.78, 5) is 32.4. The minimum atomic E-state index is -0.584. The number of carbonyl (C=O) groups excluding carboxylic acids is 2. The lowest BCUT2D eigenvalue weighted by Crippen LogP contribution is -2.36. The van der Waals surface area contributed by atoms with Crippen molar-refractivity contribution in [3.63, 3.8) is 0 Å². The zero-order valence-electron chi connectivity index (χ0n) is 20.1. The highest BCUT2D eigenvalue weighted by Crippen LogP contribution is 2.15. The Hall–Kier alpha value is -4.07. The summed E-state index contributed by atoms with van der Waals surface area (Å²) >= 11 is 0. The Morgan fingerprint density at radius 3 is 2.31 bits per heavy atom. The summed E-state index contributed by atoms with van der Waals surface area (Å²) in [7, 11) is 1.96. The van der Waals surface area contributed by atoms with Gasteiger partial charge < -0.3 is 19.1 Å². The summed E-state index contributed by atoms with van der Waals surface area (Å²) in [6, 6.07) is 22.6. The van der Waals surface area contributed by atoms with Crippen molar-refractivity contribution in [2.45, 2.75) is 20.1 Å². The van der Waals surface area contributed by atoms with Crippen LogP contribution in [0.3, 0.4) is 0 Å². The molecule has 8 heteroatoms. The first-order chi connectivity index (χ1) is 17.0. The first-order valence-electron chi connectivity index (χ1n) is 11.5. The number of benzene rings is 2. The topological polar surface area (TPSA) is 81.2 Å². The fourth-order valence-electron chi connectivity index (χ4n) is 3.26. The van der Waals surface area contributed by atoms with Crippen molar-refractivity contribution >= 4 is 17.9 Å². The predicted octanol–water partition coefficient (Wildman–Crippen LogP) is 4.30. The van der Waals surface area contributed by atoms with E-state index < -0.39 is 12.1 Å². The van der Waals surface area contributed by atoms with E-state index in [4.69, 9.17) is 14.2 Å². The zero-order chi connectivity index (χ0) is 24.9. The predicted molar refractivity (Wildman–Crippen MR) is 133 cm³/mol. The first kappa shape index (κ1) is 25.6. The Bertz CT molecular complexity index is 1050. The lowest BCUT2D eigenvalue weighted by molar-refractivity contribution is -0.144. The molecule has 0 spiro atoms. The van der Waals surface area contributed by atoms with Gasteiger partial charge in [0.15, 0.2) is 0 Å². The maximum atomic E-state index is 12.7. The smallest absolute Gasteiger partial charge is 0.410 e. The average Bonchev–Trinajstić information content (AvgIpc) is 2.89. The molecular weight excluding hydrogens is 446 g/mol. The van der Waals surface area contributed by atoms with Crippen LogP contribution in [-0.4, -0.2) is 55.3 Å². The van der Waals surface area contributed by atoms with Crippen molar-refractivity contribution in [1.82, 2.24) is 9.88 Å². The number of hydrogen-bond donors (Lipinski definition) is 0. The number of rotatable bonds is 12. The minimum Gasteiger partial charge on any atom is -0.492 e. The van der Waals surface area contributed by atoms with Crippen LogP contribution in [0.4, 0.5) is 10.6 Å². The molecule has 0 aliphatic heterocycles. The number of amides is 1.